The molecule has 0 aromatic carbocycles. The maximum Gasteiger partial charge on any atom is 0.320 e. The zero-order chi connectivity index (χ0) is 32.5. The van der Waals surface area contributed by atoms with Gasteiger partial charge in [0.25, 0.3) is 0 Å². The molecule has 0 aliphatic heterocycles. The number of Topliss-reactive ketones (excluding diaryl/α,β-unsaturated/α-hetero) is 1. The number of amides is 2. The van der Waals surface area contributed by atoms with E-state index in [0.29, 0.717) is 0 Å². The van der Waals surface area contributed by atoms with Crippen LogP contribution in [0.15, 0.2) is 36.5 Å². The van der Waals surface area contributed by atoms with Gasteiger partial charge in [-0.05, 0) is 39.0 Å². The molecule has 0 unspecified atom stereocenters. The fourth-order valence-electron chi connectivity index (χ4n) is 3.84. The topological polar surface area (TPSA) is 196 Å². The van der Waals surface area contributed by atoms with Gasteiger partial charge in [0.15, 0.2) is 0 Å². The zero-order valence-electron chi connectivity index (χ0n) is 25.5. The molecule has 11 nitrogen and oxygen atoms in total. The van der Waals surface area contributed by atoms with Crippen LogP contribution in [0.2, 0.25) is 0 Å². The maximum absolute atomic E-state index is 12.8. The van der Waals surface area contributed by atoms with Gasteiger partial charge >= 0.3 is 11.9 Å². The highest BCUT2D eigenvalue weighted by molar-refractivity contribution is 8.00. The lowest BCUT2D eigenvalue weighted by Crippen LogP contribution is -2.49. The van der Waals surface area contributed by atoms with Gasteiger partial charge in [0.1, 0.15) is 17.9 Å². The molecule has 0 rings (SSSR count). The Hall–Kier alpha value is -2.96. The van der Waals surface area contributed by atoms with Crippen LogP contribution in [0.25, 0.3) is 0 Å². The molecular formula is C31H51N3O8S. The summed E-state index contributed by atoms with van der Waals surface area (Å²) < 4.78 is 0. The predicted octanol–water partition coefficient (Wildman–Crippen LogP) is 3.51. The first kappa shape index (κ1) is 40.0. The lowest BCUT2D eigenvalue weighted by Gasteiger charge is -2.23. The first-order chi connectivity index (χ1) is 20.5. The zero-order valence-corrected chi connectivity index (χ0v) is 26.4. The average Bonchev–Trinajstić information content (AvgIpc) is 2.95. The van der Waals surface area contributed by atoms with Crippen LogP contribution in [0, 0.1) is 0 Å². The van der Waals surface area contributed by atoms with Crippen LogP contribution in [-0.4, -0.2) is 80.6 Å². The number of carbonyl (C=O) groups is 5. The molecule has 0 saturated heterocycles. The van der Waals surface area contributed by atoms with Gasteiger partial charge in [0, 0.05) is 23.8 Å². The van der Waals surface area contributed by atoms with Crippen LogP contribution in [0.4, 0.5) is 0 Å². The van der Waals surface area contributed by atoms with E-state index in [1.807, 2.05) is 18.2 Å². The number of thioether (sulfide) groups is 1. The molecule has 0 radical (unpaired) electrons. The quantitative estimate of drug-likeness (QED) is 0.0611. The van der Waals surface area contributed by atoms with Gasteiger partial charge in [0.2, 0.25) is 11.8 Å². The molecule has 0 heterocycles. The van der Waals surface area contributed by atoms with Crippen molar-refractivity contribution in [3.63, 3.8) is 0 Å². The molecule has 0 saturated carbocycles. The Bertz CT molecular complexity index is 938. The van der Waals surface area contributed by atoms with Crippen LogP contribution < -0.4 is 16.4 Å². The number of hydrogen-bond acceptors (Lipinski definition) is 8. The van der Waals surface area contributed by atoms with Crippen LogP contribution >= 0.6 is 11.8 Å². The molecule has 0 bridgehead atoms. The maximum atomic E-state index is 12.8. The Morgan fingerprint density at radius 2 is 1.56 bits per heavy atom. The number of nitrogens with one attached hydrogen (secondary N) is 2. The monoisotopic (exact) mass is 625 g/mol. The third-order valence-electron chi connectivity index (χ3n) is 6.38. The number of hydrogen-bond donors (Lipinski definition) is 6. The summed E-state index contributed by atoms with van der Waals surface area (Å²) in [5.74, 6) is -3.63. The van der Waals surface area contributed by atoms with Crippen molar-refractivity contribution in [3.05, 3.63) is 36.5 Å². The summed E-state index contributed by atoms with van der Waals surface area (Å²) in [5.41, 5.74) is 5.46. The van der Waals surface area contributed by atoms with Crippen molar-refractivity contribution < 1.29 is 39.3 Å². The van der Waals surface area contributed by atoms with Crippen molar-refractivity contribution >= 4 is 41.3 Å². The fraction of sp³-hybridized carbons (Fsp3) is 0.645. The number of ketones is 1. The molecule has 0 aromatic heterocycles. The molecule has 2 amide bonds. The molecule has 0 fully saturated rings. The largest absolute Gasteiger partial charge is 0.481 e. The molecule has 0 spiro atoms. The Labute approximate surface area is 259 Å². The van der Waals surface area contributed by atoms with E-state index in [1.165, 1.54) is 50.8 Å². The number of aliphatic carboxylic acids is 2. The molecular weight excluding hydrogens is 574 g/mol. The van der Waals surface area contributed by atoms with Gasteiger partial charge in [0.05, 0.1) is 12.6 Å². The predicted molar refractivity (Wildman–Crippen MR) is 170 cm³/mol. The van der Waals surface area contributed by atoms with Crippen LogP contribution in [0.3, 0.4) is 0 Å². The molecule has 7 N–H and O–H groups in total. The number of nitrogens with two attached hydrogens (primary N) is 1. The minimum absolute atomic E-state index is 0.0351. The van der Waals surface area contributed by atoms with Gasteiger partial charge in [-0.1, -0.05) is 75.5 Å². The lowest BCUT2D eigenvalue weighted by atomic mass is 10.1. The van der Waals surface area contributed by atoms with Crippen molar-refractivity contribution in [2.75, 3.05) is 12.3 Å². The first-order valence-electron chi connectivity index (χ1n) is 15.0. The summed E-state index contributed by atoms with van der Waals surface area (Å²) in [5, 5.41) is 33.2. The molecule has 0 aliphatic rings. The summed E-state index contributed by atoms with van der Waals surface area (Å²) in [4.78, 5) is 58.4. The van der Waals surface area contributed by atoms with Gasteiger partial charge in [-0.15, -0.1) is 11.8 Å². The third-order valence-corrected chi connectivity index (χ3v) is 7.76. The minimum atomic E-state index is -1.24. The summed E-state index contributed by atoms with van der Waals surface area (Å²) >= 11 is 1.20. The summed E-state index contributed by atoms with van der Waals surface area (Å²) in [6, 6.07) is -2.29. The number of unbranched alkanes of at least 4 members (excludes halogenated alkanes) is 6. The number of carbonyl (C=O) groups excluding carboxylic acids is 3. The van der Waals surface area contributed by atoms with Crippen molar-refractivity contribution in [1.29, 1.82) is 0 Å². The van der Waals surface area contributed by atoms with Crippen molar-refractivity contribution in [2.45, 2.75) is 114 Å². The van der Waals surface area contributed by atoms with Crippen molar-refractivity contribution in [3.8, 4) is 0 Å². The first-order valence-corrected chi connectivity index (χ1v) is 16.1. The van der Waals surface area contributed by atoms with Crippen molar-refractivity contribution in [1.82, 2.24) is 10.6 Å². The fourth-order valence-corrected chi connectivity index (χ4v) is 5.05. The van der Waals surface area contributed by atoms with Gasteiger partial charge < -0.3 is 31.7 Å². The molecule has 12 heteroatoms. The highest BCUT2D eigenvalue weighted by Gasteiger charge is 2.25. The van der Waals surface area contributed by atoms with Gasteiger partial charge in [-0.3, -0.25) is 24.0 Å². The summed E-state index contributed by atoms with van der Waals surface area (Å²) in [6.45, 7) is 3.28. The van der Waals surface area contributed by atoms with Crippen LogP contribution in [0.1, 0.15) is 90.9 Å². The Morgan fingerprint density at radius 1 is 0.884 bits per heavy atom. The van der Waals surface area contributed by atoms with E-state index in [4.69, 9.17) is 15.9 Å². The Kier molecular flexibility index (Phi) is 23.8. The van der Waals surface area contributed by atoms with Crippen LogP contribution in [-0.2, 0) is 24.0 Å². The van der Waals surface area contributed by atoms with E-state index >= 15 is 0 Å². The molecule has 4 atom stereocenters. The highest BCUT2D eigenvalue weighted by Crippen LogP contribution is 2.22. The highest BCUT2D eigenvalue weighted by atomic mass is 32.2. The Morgan fingerprint density at radius 3 is 2.21 bits per heavy atom. The SMILES string of the molecule is CCCCCCCC/C=C/C=C/C=C/[C@@H](SC[C@H](NC(=O)CC[C@H](N)C(=O)O)C(=O)NCC(C)=O)[C@@H](O)CCCC(=O)O. The van der Waals surface area contributed by atoms with Gasteiger partial charge in [-0.2, -0.15) is 0 Å². The van der Waals surface area contributed by atoms with E-state index < -0.39 is 47.2 Å². The standard InChI is InChI=1S/C31H51N3O8S/c1-3-4-5-6-7-8-9-10-11-12-13-14-17-27(26(36)16-15-18-29(38)39)43-22-25(30(40)33-21-23(2)35)34-28(37)20-19-24(32)31(41)42/h10-14,17,24-27,36H,3-9,15-16,18-22,32H2,1-2H3,(H,33,40)(H,34,37)(H,38,39)(H,41,42)/b11-10+,13-12+,17-14+/t24-,25-,26-,27+/m0/s1. The number of carboxylic acids is 2. The molecule has 43 heavy (non-hydrogen) atoms. The van der Waals surface area contributed by atoms with E-state index in [9.17, 15) is 29.1 Å². The second-order valence-electron chi connectivity index (χ2n) is 10.4. The van der Waals surface area contributed by atoms with Crippen molar-refractivity contribution in [2.24, 2.45) is 5.73 Å². The second kappa shape index (κ2) is 25.5. The number of aliphatic hydroxyl groups excluding tert-OH is 1. The number of rotatable bonds is 26. The molecule has 0 aliphatic carbocycles. The average molecular weight is 626 g/mol. The van der Waals surface area contributed by atoms with E-state index in [-0.39, 0.29) is 50.2 Å². The van der Waals surface area contributed by atoms with E-state index in [2.05, 4.69) is 23.6 Å². The Balaban J connectivity index is 5.31. The minimum Gasteiger partial charge on any atom is -0.481 e. The number of allylic oxidation sites excluding steroid dienone is 5. The molecule has 244 valence electrons. The van der Waals surface area contributed by atoms with Gasteiger partial charge in [-0.25, -0.2) is 0 Å². The molecule has 0 aromatic rings. The smallest absolute Gasteiger partial charge is 0.320 e. The van der Waals surface area contributed by atoms with E-state index in [0.717, 1.165) is 12.8 Å². The third kappa shape index (κ3) is 23.2. The summed E-state index contributed by atoms with van der Waals surface area (Å²) in [6.07, 6.45) is 18.9. The second-order valence-corrected chi connectivity index (χ2v) is 11.6. The summed E-state index contributed by atoms with van der Waals surface area (Å²) in [7, 11) is 0. The normalized spacial score (nSPS) is 14.5. The number of carboxylic acid groups (broad SMARTS) is 2. The van der Waals surface area contributed by atoms with E-state index in [1.54, 1.807) is 12.2 Å². The lowest BCUT2D eigenvalue weighted by molar-refractivity contribution is -0.139. The van der Waals surface area contributed by atoms with Crippen LogP contribution in [0.5, 0.6) is 0 Å². The number of aliphatic hydroxyl groups is 1.